The van der Waals surface area contributed by atoms with Crippen molar-refractivity contribution in [2.75, 3.05) is 19.7 Å². The van der Waals surface area contributed by atoms with E-state index in [2.05, 4.69) is 0 Å². The van der Waals surface area contributed by atoms with Crippen LogP contribution in [0.1, 0.15) is 18.4 Å². The summed E-state index contributed by atoms with van der Waals surface area (Å²) < 4.78 is 18.6. The molecule has 1 heterocycles. The first-order valence-corrected chi connectivity index (χ1v) is 7.02. The molecule has 2 rings (SSSR count). The minimum absolute atomic E-state index is 0.132. The molecule has 0 bridgehead atoms. The number of hydrogen-bond donors (Lipinski definition) is 1. The Morgan fingerprint density at radius 2 is 2.14 bits per heavy atom. The van der Waals surface area contributed by atoms with E-state index in [-0.39, 0.29) is 24.3 Å². The van der Waals surface area contributed by atoms with Crippen LogP contribution in [0.5, 0.6) is 0 Å². The number of benzene rings is 1. The SMILES string of the molecule is NC(=O)N1CCC[C@@H](C(=O)OCCc2ccccc2F)C1. The molecule has 0 aromatic heterocycles. The van der Waals surface area contributed by atoms with Crippen molar-refractivity contribution >= 4 is 12.0 Å². The number of esters is 1. The van der Waals surface area contributed by atoms with Gasteiger partial charge in [-0.2, -0.15) is 0 Å². The van der Waals surface area contributed by atoms with Crippen LogP contribution in [0.15, 0.2) is 24.3 Å². The lowest BCUT2D eigenvalue weighted by Crippen LogP contribution is -2.45. The molecule has 1 aliphatic rings. The van der Waals surface area contributed by atoms with E-state index >= 15 is 0 Å². The van der Waals surface area contributed by atoms with E-state index in [1.807, 2.05) is 0 Å². The summed E-state index contributed by atoms with van der Waals surface area (Å²) in [5, 5.41) is 0. The number of nitrogens with two attached hydrogens (primary N) is 1. The van der Waals surface area contributed by atoms with Gasteiger partial charge in [0.15, 0.2) is 0 Å². The Kier molecular flexibility index (Phi) is 5.14. The standard InChI is InChI=1S/C15H19FN2O3/c16-13-6-2-1-4-11(13)7-9-21-14(19)12-5-3-8-18(10-12)15(17)20/h1-2,4,6,12H,3,5,7-10H2,(H2,17,20)/t12-/m1/s1. The monoisotopic (exact) mass is 294 g/mol. The lowest BCUT2D eigenvalue weighted by atomic mass is 9.98. The Morgan fingerprint density at radius 1 is 1.38 bits per heavy atom. The van der Waals surface area contributed by atoms with Gasteiger partial charge < -0.3 is 15.4 Å². The summed E-state index contributed by atoms with van der Waals surface area (Å²) in [6.07, 6.45) is 1.75. The van der Waals surface area contributed by atoms with Crippen molar-refractivity contribution in [3.8, 4) is 0 Å². The number of urea groups is 1. The first-order chi connectivity index (χ1) is 10.1. The molecule has 1 saturated heterocycles. The molecule has 5 nitrogen and oxygen atoms in total. The average molecular weight is 294 g/mol. The fourth-order valence-corrected chi connectivity index (χ4v) is 2.45. The van der Waals surface area contributed by atoms with Crippen molar-refractivity contribution in [2.24, 2.45) is 11.7 Å². The molecule has 1 fully saturated rings. The molecule has 21 heavy (non-hydrogen) atoms. The van der Waals surface area contributed by atoms with Crippen molar-refractivity contribution < 1.29 is 18.7 Å². The third kappa shape index (κ3) is 4.18. The summed E-state index contributed by atoms with van der Waals surface area (Å²) in [4.78, 5) is 24.5. The molecule has 1 aromatic carbocycles. The van der Waals surface area contributed by atoms with Gasteiger partial charge in [-0.3, -0.25) is 4.79 Å². The molecule has 0 aliphatic carbocycles. The van der Waals surface area contributed by atoms with E-state index in [0.717, 1.165) is 6.42 Å². The second kappa shape index (κ2) is 7.06. The predicted molar refractivity (Wildman–Crippen MR) is 74.9 cm³/mol. The van der Waals surface area contributed by atoms with Crippen LogP contribution in [0.2, 0.25) is 0 Å². The minimum Gasteiger partial charge on any atom is -0.465 e. The fraction of sp³-hybridized carbons (Fsp3) is 0.467. The van der Waals surface area contributed by atoms with Crippen molar-refractivity contribution in [3.63, 3.8) is 0 Å². The Balaban J connectivity index is 1.79. The van der Waals surface area contributed by atoms with Crippen molar-refractivity contribution in [1.82, 2.24) is 4.90 Å². The van der Waals surface area contributed by atoms with Gasteiger partial charge in [-0.25, -0.2) is 9.18 Å². The predicted octanol–water partition coefficient (Wildman–Crippen LogP) is 1.70. The molecule has 1 aromatic rings. The maximum absolute atomic E-state index is 13.4. The van der Waals surface area contributed by atoms with Gasteiger partial charge in [-0.1, -0.05) is 18.2 Å². The second-order valence-corrected chi connectivity index (χ2v) is 5.13. The van der Waals surface area contributed by atoms with Gasteiger partial charge in [0.2, 0.25) is 0 Å². The van der Waals surface area contributed by atoms with Crippen molar-refractivity contribution in [1.29, 1.82) is 0 Å². The zero-order valence-electron chi connectivity index (χ0n) is 11.8. The lowest BCUT2D eigenvalue weighted by molar-refractivity contribution is -0.149. The highest BCUT2D eigenvalue weighted by Gasteiger charge is 2.28. The fourth-order valence-electron chi connectivity index (χ4n) is 2.45. The zero-order chi connectivity index (χ0) is 15.2. The molecule has 0 unspecified atom stereocenters. The molecule has 1 atom stereocenters. The number of primary amides is 1. The molecule has 2 amide bonds. The molecule has 1 aliphatic heterocycles. The minimum atomic E-state index is -0.515. The normalized spacial score (nSPS) is 18.3. The van der Waals surface area contributed by atoms with Gasteiger partial charge in [0.1, 0.15) is 5.82 Å². The number of hydrogen-bond acceptors (Lipinski definition) is 3. The maximum Gasteiger partial charge on any atom is 0.314 e. The summed E-state index contributed by atoms with van der Waals surface area (Å²) in [7, 11) is 0. The molecule has 0 saturated carbocycles. The molecule has 0 radical (unpaired) electrons. The van der Waals surface area contributed by atoms with E-state index in [1.165, 1.54) is 11.0 Å². The zero-order valence-corrected chi connectivity index (χ0v) is 11.8. The van der Waals surface area contributed by atoms with Crippen molar-refractivity contribution in [2.45, 2.75) is 19.3 Å². The lowest BCUT2D eigenvalue weighted by Gasteiger charge is -2.30. The first kappa shape index (κ1) is 15.3. The van der Waals surface area contributed by atoms with Gasteiger partial charge in [0.25, 0.3) is 0 Å². The first-order valence-electron chi connectivity index (χ1n) is 7.02. The number of nitrogens with zero attached hydrogens (tertiary/aromatic N) is 1. The number of ether oxygens (including phenoxy) is 1. The third-order valence-corrected chi connectivity index (χ3v) is 3.64. The summed E-state index contributed by atoms with van der Waals surface area (Å²) >= 11 is 0. The van der Waals surface area contributed by atoms with Gasteiger partial charge in [-0.05, 0) is 24.5 Å². The van der Waals surface area contributed by atoms with Crippen LogP contribution < -0.4 is 5.73 Å². The maximum atomic E-state index is 13.4. The van der Waals surface area contributed by atoms with Crippen LogP contribution >= 0.6 is 0 Å². The summed E-state index contributed by atoms with van der Waals surface area (Å²) in [6.45, 7) is 1.01. The molecule has 6 heteroatoms. The second-order valence-electron chi connectivity index (χ2n) is 5.13. The molecule has 0 spiro atoms. The number of piperidine rings is 1. The van der Waals surface area contributed by atoms with Gasteiger partial charge >= 0.3 is 12.0 Å². The van der Waals surface area contributed by atoms with Crippen LogP contribution in [-0.2, 0) is 16.0 Å². The highest BCUT2D eigenvalue weighted by atomic mass is 19.1. The van der Waals surface area contributed by atoms with E-state index in [4.69, 9.17) is 10.5 Å². The summed E-state index contributed by atoms with van der Waals surface area (Å²) in [5.74, 6) is -0.990. The van der Waals surface area contributed by atoms with E-state index in [1.54, 1.807) is 18.2 Å². The third-order valence-electron chi connectivity index (χ3n) is 3.64. The molecular formula is C15H19FN2O3. The number of carbonyl (C=O) groups is 2. The summed E-state index contributed by atoms with van der Waals surface area (Å²) in [5.41, 5.74) is 5.74. The van der Waals surface area contributed by atoms with E-state index in [0.29, 0.717) is 31.5 Å². The highest BCUT2D eigenvalue weighted by Crippen LogP contribution is 2.18. The van der Waals surface area contributed by atoms with Gasteiger partial charge in [0, 0.05) is 19.5 Å². The topological polar surface area (TPSA) is 72.6 Å². The number of likely N-dealkylation sites (tertiary alicyclic amines) is 1. The Bertz CT molecular complexity index is 521. The number of halogens is 1. The molecular weight excluding hydrogens is 275 g/mol. The Morgan fingerprint density at radius 3 is 2.86 bits per heavy atom. The van der Waals surface area contributed by atoms with E-state index in [9.17, 15) is 14.0 Å². The average Bonchev–Trinajstić information content (AvgIpc) is 2.49. The number of rotatable bonds is 4. The van der Waals surface area contributed by atoms with Gasteiger partial charge in [0.05, 0.1) is 12.5 Å². The van der Waals surface area contributed by atoms with E-state index < -0.39 is 6.03 Å². The Hall–Kier alpha value is -2.11. The molecule has 2 N–H and O–H groups in total. The van der Waals surface area contributed by atoms with Crippen LogP contribution in [0.3, 0.4) is 0 Å². The number of amides is 2. The van der Waals surface area contributed by atoms with Crippen molar-refractivity contribution in [3.05, 3.63) is 35.6 Å². The number of carbonyl (C=O) groups excluding carboxylic acids is 2. The Labute approximate surface area is 122 Å². The summed E-state index contributed by atoms with van der Waals surface area (Å²) in [6, 6.07) is 5.89. The smallest absolute Gasteiger partial charge is 0.314 e. The van der Waals surface area contributed by atoms with Crippen LogP contribution in [0, 0.1) is 11.7 Å². The van der Waals surface area contributed by atoms with Crippen LogP contribution in [0.25, 0.3) is 0 Å². The largest absolute Gasteiger partial charge is 0.465 e. The van der Waals surface area contributed by atoms with Gasteiger partial charge in [-0.15, -0.1) is 0 Å². The van der Waals surface area contributed by atoms with Crippen LogP contribution in [-0.4, -0.2) is 36.6 Å². The quantitative estimate of drug-likeness (QED) is 0.859. The highest BCUT2D eigenvalue weighted by molar-refractivity contribution is 5.76. The molecule has 114 valence electrons. The van der Waals surface area contributed by atoms with Crippen LogP contribution in [0.4, 0.5) is 9.18 Å².